The normalized spacial score (nSPS) is 27.1. The highest BCUT2D eigenvalue weighted by Crippen LogP contribution is 2.35. The minimum absolute atomic E-state index is 0.277. The summed E-state index contributed by atoms with van der Waals surface area (Å²) in [6.45, 7) is 4.62. The van der Waals surface area contributed by atoms with Crippen molar-refractivity contribution in [1.82, 2.24) is 4.90 Å². The van der Waals surface area contributed by atoms with E-state index in [4.69, 9.17) is 10.5 Å². The van der Waals surface area contributed by atoms with Gasteiger partial charge in [0.15, 0.2) is 5.96 Å². The highest BCUT2D eigenvalue weighted by Gasteiger charge is 2.32. The number of nitrogens with two attached hydrogens (primary N) is 1. The number of aryl methyl sites for hydroxylation is 1. The molecular weight excluding hydrogens is 326 g/mol. The first-order chi connectivity index (χ1) is 9.15. The molecule has 3 rings (SSSR count). The summed E-state index contributed by atoms with van der Waals surface area (Å²) in [6, 6.07) is 2.47. The van der Waals surface area contributed by atoms with Crippen LogP contribution < -0.4 is 5.73 Å². The largest absolute Gasteiger partial charge is 0.376 e. The lowest BCUT2D eigenvalue weighted by atomic mass is 10.2. The van der Waals surface area contributed by atoms with Crippen LogP contribution in [0.15, 0.2) is 15.5 Å². The lowest BCUT2D eigenvalue weighted by Crippen LogP contribution is -2.40. The third-order valence-corrected chi connectivity index (χ3v) is 5.96. The Hall–Kier alpha value is -0.590. The lowest BCUT2D eigenvalue weighted by molar-refractivity contribution is 0.0856. The quantitative estimate of drug-likeness (QED) is 0.917. The van der Waals surface area contributed by atoms with Gasteiger partial charge in [0.05, 0.1) is 18.7 Å². The van der Waals surface area contributed by atoms with Gasteiger partial charge in [-0.2, -0.15) is 0 Å². The zero-order chi connectivity index (χ0) is 13.4. The van der Waals surface area contributed by atoms with Crippen LogP contribution in [-0.2, 0) is 4.74 Å². The number of nitrogens with zero attached hydrogens (tertiary/aromatic N) is 2. The van der Waals surface area contributed by atoms with Crippen molar-refractivity contribution >= 4 is 33.2 Å². The second-order valence-electron chi connectivity index (χ2n) is 5.05. The molecule has 1 aromatic heterocycles. The fraction of sp³-hybridized carbons (Fsp3) is 0.615. The third-order valence-electron chi connectivity index (χ3n) is 3.73. The number of hydrogen-bond donors (Lipinski definition) is 1. The molecule has 0 amide bonds. The molecule has 0 saturated carbocycles. The van der Waals surface area contributed by atoms with E-state index in [-0.39, 0.29) is 6.04 Å². The van der Waals surface area contributed by atoms with Gasteiger partial charge in [0, 0.05) is 27.4 Å². The van der Waals surface area contributed by atoms with Crippen LogP contribution in [0.2, 0.25) is 0 Å². The molecule has 1 saturated heterocycles. The molecule has 2 unspecified atom stereocenters. The fourth-order valence-electron chi connectivity index (χ4n) is 2.65. The molecule has 6 heteroatoms. The van der Waals surface area contributed by atoms with Gasteiger partial charge in [0.1, 0.15) is 0 Å². The van der Waals surface area contributed by atoms with Gasteiger partial charge < -0.3 is 15.4 Å². The van der Waals surface area contributed by atoms with Crippen molar-refractivity contribution in [3.05, 3.63) is 20.3 Å². The zero-order valence-electron chi connectivity index (χ0n) is 10.9. The van der Waals surface area contributed by atoms with Gasteiger partial charge in [-0.15, -0.1) is 11.3 Å². The molecule has 0 aliphatic carbocycles. The Labute approximate surface area is 125 Å². The molecule has 3 heterocycles. The average Bonchev–Trinajstić information content (AvgIpc) is 3.06. The SMILES string of the molecule is Cc1sc(C2CN=C(N)N2CC2CCCO2)cc1Br. The highest BCUT2D eigenvalue weighted by atomic mass is 79.9. The van der Waals surface area contributed by atoms with Crippen molar-refractivity contribution in [2.75, 3.05) is 19.7 Å². The van der Waals surface area contributed by atoms with E-state index in [9.17, 15) is 0 Å². The summed E-state index contributed by atoms with van der Waals surface area (Å²) in [5.74, 6) is 0.655. The predicted molar refractivity (Wildman–Crippen MR) is 81.7 cm³/mol. The molecule has 0 bridgehead atoms. The van der Waals surface area contributed by atoms with Gasteiger partial charge >= 0.3 is 0 Å². The summed E-state index contributed by atoms with van der Waals surface area (Å²) in [4.78, 5) is 9.24. The molecule has 2 aliphatic rings. The van der Waals surface area contributed by atoms with E-state index < -0.39 is 0 Å². The highest BCUT2D eigenvalue weighted by molar-refractivity contribution is 9.10. The minimum Gasteiger partial charge on any atom is -0.376 e. The summed E-state index contributed by atoms with van der Waals surface area (Å²) in [7, 11) is 0. The van der Waals surface area contributed by atoms with E-state index >= 15 is 0 Å². The molecule has 1 aromatic rings. The van der Waals surface area contributed by atoms with Crippen molar-refractivity contribution in [2.24, 2.45) is 10.7 Å². The summed E-state index contributed by atoms with van der Waals surface area (Å²) in [5, 5.41) is 0. The Balaban J connectivity index is 1.76. The summed E-state index contributed by atoms with van der Waals surface area (Å²) < 4.78 is 6.89. The second kappa shape index (κ2) is 5.42. The summed E-state index contributed by atoms with van der Waals surface area (Å²) in [6.07, 6.45) is 2.59. The van der Waals surface area contributed by atoms with E-state index in [1.165, 1.54) is 14.2 Å². The average molecular weight is 344 g/mol. The van der Waals surface area contributed by atoms with Crippen molar-refractivity contribution in [3.63, 3.8) is 0 Å². The maximum absolute atomic E-state index is 6.04. The Bertz CT molecular complexity index is 477. The molecule has 2 N–H and O–H groups in total. The van der Waals surface area contributed by atoms with E-state index in [0.29, 0.717) is 12.1 Å². The van der Waals surface area contributed by atoms with Gasteiger partial charge in [-0.25, -0.2) is 0 Å². The maximum Gasteiger partial charge on any atom is 0.192 e. The van der Waals surface area contributed by atoms with Gasteiger partial charge in [0.2, 0.25) is 0 Å². The molecule has 0 spiro atoms. The van der Waals surface area contributed by atoms with Crippen LogP contribution in [0.25, 0.3) is 0 Å². The number of thiophene rings is 1. The number of rotatable bonds is 3. The Kier molecular flexibility index (Phi) is 3.82. The molecule has 1 fully saturated rings. The van der Waals surface area contributed by atoms with Crippen LogP contribution in [0.5, 0.6) is 0 Å². The fourth-order valence-corrected chi connectivity index (χ4v) is 4.31. The number of ether oxygens (including phenoxy) is 1. The number of hydrogen-bond acceptors (Lipinski definition) is 5. The van der Waals surface area contributed by atoms with Crippen LogP contribution in [0.3, 0.4) is 0 Å². The smallest absolute Gasteiger partial charge is 0.192 e. The Morgan fingerprint density at radius 3 is 3.11 bits per heavy atom. The molecule has 104 valence electrons. The molecule has 2 atom stereocenters. The zero-order valence-corrected chi connectivity index (χ0v) is 13.3. The number of halogens is 1. The van der Waals surface area contributed by atoms with Crippen LogP contribution in [0.4, 0.5) is 0 Å². The standard InChI is InChI=1S/C13H18BrN3OS/c1-8-10(14)5-12(19-8)11-6-16-13(15)17(11)7-9-3-2-4-18-9/h5,9,11H,2-4,6-7H2,1H3,(H2,15,16). The molecule has 4 nitrogen and oxygen atoms in total. The molecule has 2 aliphatic heterocycles. The Morgan fingerprint density at radius 2 is 2.47 bits per heavy atom. The van der Waals surface area contributed by atoms with Gasteiger partial charge in [-0.05, 0) is 41.8 Å². The van der Waals surface area contributed by atoms with Crippen LogP contribution in [0.1, 0.15) is 28.6 Å². The van der Waals surface area contributed by atoms with Gasteiger partial charge in [0.25, 0.3) is 0 Å². The van der Waals surface area contributed by atoms with E-state index in [2.05, 4.69) is 38.8 Å². The van der Waals surface area contributed by atoms with E-state index in [1.54, 1.807) is 0 Å². The Morgan fingerprint density at radius 1 is 1.63 bits per heavy atom. The summed E-state index contributed by atoms with van der Waals surface area (Å²) in [5.41, 5.74) is 6.04. The number of aliphatic imine (C=N–C) groups is 1. The van der Waals surface area contributed by atoms with Crippen LogP contribution in [-0.4, -0.2) is 36.7 Å². The van der Waals surface area contributed by atoms with Crippen molar-refractivity contribution < 1.29 is 4.74 Å². The van der Waals surface area contributed by atoms with Crippen molar-refractivity contribution in [3.8, 4) is 0 Å². The van der Waals surface area contributed by atoms with Crippen LogP contribution in [0, 0.1) is 6.92 Å². The first-order valence-electron chi connectivity index (χ1n) is 6.59. The minimum atomic E-state index is 0.277. The molecule has 0 radical (unpaired) electrons. The lowest BCUT2D eigenvalue weighted by Gasteiger charge is -2.27. The molecular formula is C13H18BrN3OS. The molecule has 19 heavy (non-hydrogen) atoms. The van der Waals surface area contributed by atoms with Gasteiger partial charge in [-0.3, -0.25) is 4.99 Å². The maximum atomic E-state index is 6.04. The molecule has 0 aromatic carbocycles. The topological polar surface area (TPSA) is 50.8 Å². The second-order valence-corrected chi connectivity index (χ2v) is 7.20. The predicted octanol–water partition coefficient (Wildman–Crippen LogP) is 2.67. The number of guanidine groups is 1. The van der Waals surface area contributed by atoms with Crippen molar-refractivity contribution in [2.45, 2.75) is 31.9 Å². The van der Waals surface area contributed by atoms with Crippen molar-refractivity contribution in [1.29, 1.82) is 0 Å². The van der Waals surface area contributed by atoms with Gasteiger partial charge in [-0.1, -0.05) is 0 Å². The first kappa shape index (κ1) is 13.4. The third kappa shape index (κ3) is 2.66. The monoisotopic (exact) mass is 343 g/mol. The summed E-state index contributed by atoms with van der Waals surface area (Å²) >= 11 is 5.40. The van der Waals surface area contributed by atoms with E-state index in [0.717, 1.165) is 32.5 Å². The first-order valence-corrected chi connectivity index (χ1v) is 8.20. The van der Waals surface area contributed by atoms with E-state index in [1.807, 2.05) is 11.3 Å². The van der Waals surface area contributed by atoms with Crippen LogP contribution >= 0.6 is 27.3 Å².